The van der Waals surface area contributed by atoms with Crippen LogP contribution in [0.25, 0.3) is 0 Å². The van der Waals surface area contributed by atoms with Crippen molar-refractivity contribution in [2.75, 3.05) is 14.1 Å². The van der Waals surface area contributed by atoms with Crippen LogP contribution in [0.3, 0.4) is 0 Å². The van der Waals surface area contributed by atoms with Crippen LogP contribution in [0.15, 0.2) is 12.1 Å². The van der Waals surface area contributed by atoms with Gasteiger partial charge < -0.3 is 10.0 Å². The molecule has 0 aliphatic heterocycles. The Labute approximate surface area is 119 Å². The molecule has 0 atom stereocenters. The number of halogens is 2. The van der Waals surface area contributed by atoms with Gasteiger partial charge in [-0.2, -0.15) is 0 Å². The second-order valence-electron chi connectivity index (χ2n) is 5.74. The summed E-state index contributed by atoms with van der Waals surface area (Å²) in [5.74, 6) is -0.0348. The Bertz CT molecular complexity index is 442. The number of nitrogens with zero attached hydrogens (tertiary/aromatic N) is 1. The maximum absolute atomic E-state index is 13.5. The molecule has 0 amide bonds. The van der Waals surface area contributed by atoms with Gasteiger partial charge in [-0.15, -0.1) is 0 Å². The fourth-order valence-corrected chi connectivity index (χ4v) is 3.14. The van der Waals surface area contributed by atoms with E-state index in [0.29, 0.717) is 12.0 Å². The molecule has 19 heavy (non-hydrogen) atoms. The normalized spacial score (nSPS) is 23.8. The maximum atomic E-state index is 13.5. The third kappa shape index (κ3) is 3.61. The first-order chi connectivity index (χ1) is 8.97. The molecule has 0 aromatic heterocycles. The van der Waals surface area contributed by atoms with Gasteiger partial charge in [0.2, 0.25) is 0 Å². The molecule has 1 aromatic rings. The Morgan fingerprint density at radius 3 is 2.47 bits per heavy atom. The standard InChI is InChI=1S/C15H21ClFNO/c1-18(2)12-5-3-10(4-6-12)7-11-8-13(19)9-14(17)15(11)16/h8-10,12,19H,3-7H2,1-2H3/t10-,12-. The van der Waals surface area contributed by atoms with Crippen LogP contribution in [-0.2, 0) is 6.42 Å². The third-order valence-electron chi connectivity index (χ3n) is 4.14. The fourth-order valence-electron chi connectivity index (χ4n) is 2.96. The molecule has 106 valence electrons. The molecule has 2 rings (SSSR count). The number of hydrogen-bond donors (Lipinski definition) is 1. The Balaban J connectivity index is 2.00. The van der Waals surface area contributed by atoms with Crippen LogP contribution in [-0.4, -0.2) is 30.1 Å². The number of hydrogen-bond acceptors (Lipinski definition) is 2. The molecule has 1 aromatic carbocycles. The third-order valence-corrected chi connectivity index (χ3v) is 4.57. The molecule has 1 aliphatic rings. The summed E-state index contributed by atoms with van der Waals surface area (Å²) in [6.07, 6.45) is 5.38. The Kier molecular flexibility index (Phi) is 4.69. The summed E-state index contributed by atoms with van der Waals surface area (Å²) in [5, 5.41) is 9.62. The van der Waals surface area contributed by atoms with Crippen molar-refractivity contribution >= 4 is 11.6 Å². The molecule has 0 spiro atoms. The zero-order valence-corrected chi connectivity index (χ0v) is 12.3. The van der Waals surface area contributed by atoms with Crippen molar-refractivity contribution in [3.05, 3.63) is 28.5 Å². The summed E-state index contributed by atoms with van der Waals surface area (Å²) in [6, 6.07) is 3.31. The van der Waals surface area contributed by atoms with Gasteiger partial charge >= 0.3 is 0 Å². The number of aromatic hydroxyl groups is 1. The molecule has 0 bridgehead atoms. The van der Waals surface area contributed by atoms with Crippen molar-refractivity contribution in [3.63, 3.8) is 0 Å². The van der Waals surface area contributed by atoms with Crippen molar-refractivity contribution in [3.8, 4) is 5.75 Å². The van der Waals surface area contributed by atoms with Crippen molar-refractivity contribution in [2.24, 2.45) is 5.92 Å². The molecule has 0 unspecified atom stereocenters. The molecule has 1 aliphatic carbocycles. The molecule has 4 heteroatoms. The molecule has 0 radical (unpaired) electrons. The first kappa shape index (κ1) is 14.6. The molecule has 1 saturated carbocycles. The van der Waals surface area contributed by atoms with E-state index in [1.165, 1.54) is 12.8 Å². The van der Waals surface area contributed by atoms with Crippen LogP contribution in [0, 0.1) is 11.7 Å². The molecular formula is C15H21ClFNO. The Morgan fingerprint density at radius 1 is 1.26 bits per heavy atom. The highest BCUT2D eigenvalue weighted by molar-refractivity contribution is 6.31. The highest BCUT2D eigenvalue weighted by Crippen LogP contribution is 2.33. The van der Waals surface area contributed by atoms with E-state index in [1.54, 1.807) is 6.07 Å². The molecule has 0 heterocycles. The molecule has 1 fully saturated rings. The van der Waals surface area contributed by atoms with Crippen LogP contribution in [0.1, 0.15) is 31.2 Å². The average molecular weight is 286 g/mol. The van der Waals surface area contributed by atoms with Gasteiger partial charge in [0.05, 0.1) is 5.02 Å². The van der Waals surface area contributed by atoms with Gasteiger partial charge in [0.15, 0.2) is 0 Å². The summed E-state index contributed by atoms with van der Waals surface area (Å²) in [6.45, 7) is 0. The van der Waals surface area contributed by atoms with E-state index in [9.17, 15) is 9.50 Å². The zero-order valence-electron chi connectivity index (χ0n) is 11.5. The van der Waals surface area contributed by atoms with Gasteiger partial charge in [0, 0.05) is 12.1 Å². The van der Waals surface area contributed by atoms with E-state index in [-0.39, 0.29) is 10.8 Å². The molecule has 2 nitrogen and oxygen atoms in total. The lowest BCUT2D eigenvalue weighted by Crippen LogP contribution is -2.32. The van der Waals surface area contributed by atoms with Crippen molar-refractivity contribution < 1.29 is 9.50 Å². The van der Waals surface area contributed by atoms with Crippen molar-refractivity contribution in [2.45, 2.75) is 38.1 Å². The van der Waals surface area contributed by atoms with E-state index in [2.05, 4.69) is 19.0 Å². The monoisotopic (exact) mass is 285 g/mol. The average Bonchev–Trinajstić information content (AvgIpc) is 2.36. The summed E-state index contributed by atoms with van der Waals surface area (Å²) in [5.41, 5.74) is 0.729. The largest absolute Gasteiger partial charge is 0.508 e. The number of phenols is 1. The van der Waals surface area contributed by atoms with E-state index < -0.39 is 5.82 Å². The number of phenolic OH excluding ortho intramolecular Hbond substituents is 1. The van der Waals surface area contributed by atoms with Gasteiger partial charge in [-0.05, 0) is 63.7 Å². The minimum absolute atomic E-state index is 0.0427. The van der Waals surface area contributed by atoms with Gasteiger partial charge in [-0.25, -0.2) is 4.39 Å². The van der Waals surface area contributed by atoms with Crippen molar-refractivity contribution in [1.29, 1.82) is 0 Å². The Hall–Kier alpha value is -0.800. The SMILES string of the molecule is CN(C)[C@H]1CC[C@H](Cc2cc(O)cc(F)c2Cl)CC1. The summed E-state index contributed by atoms with van der Waals surface area (Å²) in [4.78, 5) is 2.28. The summed E-state index contributed by atoms with van der Waals surface area (Å²) < 4.78 is 13.5. The minimum atomic E-state index is -0.529. The second-order valence-corrected chi connectivity index (χ2v) is 6.12. The van der Waals surface area contributed by atoms with Crippen LogP contribution >= 0.6 is 11.6 Å². The maximum Gasteiger partial charge on any atom is 0.145 e. The van der Waals surface area contributed by atoms with Gasteiger partial charge in [0.1, 0.15) is 11.6 Å². The smallest absolute Gasteiger partial charge is 0.145 e. The van der Waals surface area contributed by atoms with Gasteiger partial charge in [-0.3, -0.25) is 0 Å². The van der Waals surface area contributed by atoms with Crippen LogP contribution in [0.4, 0.5) is 4.39 Å². The highest BCUT2D eigenvalue weighted by atomic mass is 35.5. The quantitative estimate of drug-likeness (QED) is 0.912. The Morgan fingerprint density at radius 2 is 1.89 bits per heavy atom. The predicted octanol–water partition coefficient (Wildman–Crippen LogP) is 3.85. The number of benzene rings is 1. The lowest BCUT2D eigenvalue weighted by molar-refractivity contribution is 0.193. The number of rotatable bonds is 3. The molecular weight excluding hydrogens is 265 g/mol. The molecule has 0 saturated heterocycles. The zero-order chi connectivity index (χ0) is 14.0. The van der Waals surface area contributed by atoms with Crippen LogP contribution in [0.2, 0.25) is 5.02 Å². The van der Waals surface area contributed by atoms with Crippen molar-refractivity contribution in [1.82, 2.24) is 4.90 Å². The van der Waals surface area contributed by atoms with E-state index in [1.807, 2.05) is 0 Å². The van der Waals surface area contributed by atoms with Crippen LogP contribution in [0.5, 0.6) is 5.75 Å². The molecule has 1 N–H and O–H groups in total. The minimum Gasteiger partial charge on any atom is -0.508 e. The fraction of sp³-hybridized carbons (Fsp3) is 0.600. The lowest BCUT2D eigenvalue weighted by atomic mass is 9.82. The predicted molar refractivity (Wildman–Crippen MR) is 76.2 cm³/mol. The lowest BCUT2D eigenvalue weighted by Gasteiger charge is -2.32. The first-order valence-electron chi connectivity index (χ1n) is 6.80. The summed E-state index contributed by atoms with van der Waals surface area (Å²) in [7, 11) is 4.24. The van der Waals surface area contributed by atoms with Gasteiger partial charge in [-0.1, -0.05) is 11.6 Å². The van der Waals surface area contributed by atoms with E-state index >= 15 is 0 Å². The first-order valence-corrected chi connectivity index (χ1v) is 7.18. The highest BCUT2D eigenvalue weighted by Gasteiger charge is 2.23. The van der Waals surface area contributed by atoms with Gasteiger partial charge in [0.25, 0.3) is 0 Å². The van der Waals surface area contributed by atoms with E-state index in [0.717, 1.165) is 30.9 Å². The van der Waals surface area contributed by atoms with E-state index in [4.69, 9.17) is 11.6 Å². The summed E-state index contributed by atoms with van der Waals surface area (Å²) >= 11 is 5.97. The topological polar surface area (TPSA) is 23.5 Å². The second kappa shape index (κ2) is 6.10. The van der Waals surface area contributed by atoms with Crippen LogP contribution < -0.4 is 0 Å².